The number of hydrogen-bond acceptors (Lipinski definition) is 5. The van der Waals surface area contributed by atoms with Crippen LogP contribution in [0.5, 0.6) is 0 Å². The molecule has 2 atom stereocenters. The topological polar surface area (TPSA) is 109 Å². The zero-order valence-electron chi connectivity index (χ0n) is 16.4. The Morgan fingerprint density at radius 2 is 1.77 bits per heavy atom. The van der Waals surface area contributed by atoms with Crippen LogP contribution in [0, 0.1) is 5.92 Å². The van der Waals surface area contributed by atoms with E-state index in [-0.39, 0.29) is 23.5 Å². The molecule has 3 N–H and O–H groups in total. The van der Waals surface area contributed by atoms with E-state index in [0.29, 0.717) is 30.4 Å². The highest BCUT2D eigenvalue weighted by Gasteiger charge is 2.34. The van der Waals surface area contributed by atoms with Crippen LogP contribution in [-0.2, 0) is 17.9 Å². The molecule has 152 valence electrons. The predicted octanol–water partition coefficient (Wildman–Crippen LogP) is 3.34. The molecule has 2 aromatic carbocycles. The third-order valence-electron chi connectivity index (χ3n) is 6.33. The lowest BCUT2D eigenvalue weighted by atomic mass is 9.88. The number of fused-ring (bicyclic) bond motifs is 2. The van der Waals surface area contributed by atoms with Gasteiger partial charge in [0.15, 0.2) is 0 Å². The zero-order chi connectivity index (χ0) is 20.8. The third-order valence-corrected chi connectivity index (χ3v) is 6.33. The van der Waals surface area contributed by atoms with E-state index in [2.05, 4.69) is 9.97 Å². The van der Waals surface area contributed by atoms with Crippen molar-refractivity contribution in [1.29, 1.82) is 0 Å². The van der Waals surface area contributed by atoms with Crippen LogP contribution >= 0.6 is 0 Å². The van der Waals surface area contributed by atoms with Gasteiger partial charge in [-0.3, -0.25) is 9.59 Å². The van der Waals surface area contributed by atoms with Gasteiger partial charge >= 0.3 is 5.97 Å². The van der Waals surface area contributed by atoms with Gasteiger partial charge in [0.25, 0.3) is 5.91 Å². The Balaban J connectivity index is 1.55. The van der Waals surface area contributed by atoms with Crippen LogP contribution in [0.1, 0.15) is 52.4 Å². The number of carboxylic acid groups (broad SMARTS) is 1. The molecule has 1 aromatic heterocycles. The summed E-state index contributed by atoms with van der Waals surface area (Å²) in [6.45, 7) is 1.06. The fourth-order valence-corrected chi connectivity index (χ4v) is 4.84. The summed E-state index contributed by atoms with van der Waals surface area (Å²) in [5.41, 5.74) is 9.95. The fraction of sp³-hybridized carbons (Fsp3) is 0.304. The van der Waals surface area contributed by atoms with Gasteiger partial charge in [0, 0.05) is 18.5 Å². The van der Waals surface area contributed by atoms with Gasteiger partial charge < -0.3 is 15.7 Å². The van der Waals surface area contributed by atoms with E-state index < -0.39 is 11.9 Å². The first kappa shape index (κ1) is 18.5. The number of rotatable bonds is 3. The molecule has 2 unspecified atom stereocenters. The molecule has 1 saturated carbocycles. The molecule has 7 nitrogen and oxygen atoms in total. The van der Waals surface area contributed by atoms with Crippen molar-refractivity contribution in [2.75, 3.05) is 5.73 Å². The van der Waals surface area contributed by atoms with Gasteiger partial charge in [0.05, 0.1) is 11.4 Å². The Morgan fingerprint density at radius 1 is 1.03 bits per heavy atom. The first-order valence-electron chi connectivity index (χ1n) is 10.2. The zero-order valence-corrected chi connectivity index (χ0v) is 16.4. The van der Waals surface area contributed by atoms with Gasteiger partial charge in [0.2, 0.25) is 5.95 Å². The first-order chi connectivity index (χ1) is 14.5. The molecule has 1 fully saturated rings. The molecule has 7 heteroatoms. The normalized spacial score (nSPS) is 20.5. The number of anilines is 1. The quantitative estimate of drug-likeness (QED) is 0.695. The SMILES string of the molecule is Nc1nc(C(=O)N2Cc3ccccc3C2)c2cc(C3CCCC3C(=O)O)ccc2n1. The standard InChI is InChI=1S/C23H22N4O3/c24-23-25-19-9-8-13(16-6-3-7-17(16)22(29)30)10-18(19)20(26-23)21(28)27-11-14-4-1-2-5-15(14)12-27/h1-2,4-5,8-10,16-17H,3,6-7,11-12H2,(H,29,30)(H2,24,25,26). The molecular formula is C23H22N4O3. The molecule has 0 bridgehead atoms. The molecule has 1 amide bonds. The summed E-state index contributed by atoms with van der Waals surface area (Å²) in [6.07, 6.45) is 2.38. The summed E-state index contributed by atoms with van der Waals surface area (Å²) >= 11 is 0. The Morgan fingerprint density at radius 3 is 2.47 bits per heavy atom. The third kappa shape index (κ3) is 3.07. The summed E-state index contributed by atoms with van der Waals surface area (Å²) in [4.78, 5) is 35.4. The van der Waals surface area contributed by atoms with Crippen molar-refractivity contribution in [2.45, 2.75) is 38.3 Å². The average Bonchev–Trinajstić information content (AvgIpc) is 3.39. The minimum Gasteiger partial charge on any atom is -0.481 e. The van der Waals surface area contributed by atoms with Crippen LogP contribution in [0.4, 0.5) is 5.95 Å². The number of benzene rings is 2. The van der Waals surface area contributed by atoms with Crippen molar-refractivity contribution < 1.29 is 14.7 Å². The van der Waals surface area contributed by atoms with Crippen LogP contribution < -0.4 is 5.73 Å². The van der Waals surface area contributed by atoms with Crippen molar-refractivity contribution in [3.05, 3.63) is 64.8 Å². The molecule has 0 spiro atoms. The number of aromatic nitrogens is 2. The largest absolute Gasteiger partial charge is 0.481 e. The van der Waals surface area contributed by atoms with E-state index in [1.165, 1.54) is 0 Å². The number of carboxylic acids is 1. The molecule has 2 heterocycles. The lowest BCUT2D eigenvalue weighted by molar-refractivity contribution is -0.142. The number of nitrogen functional groups attached to an aromatic ring is 1. The van der Waals surface area contributed by atoms with Crippen LogP contribution in [0.25, 0.3) is 10.9 Å². The van der Waals surface area contributed by atoms with Gasteiger partial charge in [0.1, 0.15) is 5.69 Å². The number of nitrogens with zero attached hydrogens (tertiary/aromatic N) is 3. The van der Waals surface area contributed by atoms with Crippen LogP contribution in [-0.4, -0.2) is 31.9 Å². The predicted molar refractivity (Wildman–Crippen MR) is 112 cm³/mol. The molecule has 3 aromatic rings. The number of amides is 1. The highest BCUT2D eigenvalue weighted by molar-refractivity contribution is 6.05. The average molecular weight is 402 g/mol. The van der Waals surface area contributed by atoms with Crippen molar-refractivity contribution in [2.24, 2.45) is 5.92 Å². The van der Waals surface area contributed by atoms with Crippen molar-refractivity contribution in [3.8, 4) is 0 Å². The molecule has 0 radical (unpaired) electrons. The smallest absolute Gasteiger partial charge is 0.307 e. The monoisotopic (exact) mass is 402 g/mol. The Kier molecular flexibility index (Phi) is 4.38. The second-order valence-electron chi connectivity index (χ2n) is 8.12. The number of hydrogen-bond donors (Lipinski definition) is 2. The highest BCUT2D eigenvalue weighted by Crippen LogP contribution is 2.40. The number of carbonyl (C=O) groups excluding carboxylic acids is 1. The number of aliphatic carboxylic acids is 1. The Hall–Kier alpha value is -3.48. The van der Waals surface area contributed by atoms with E-state index in [0.717, 1.165) is 29.5 Å². The summed E-state index contributed by atoms with van der Waals surface area (Å²) in [5.74, 6) is -1.37. The van der Waals surface area contributed by atoms with Gasteiger partial charge in [-0.15, -0.1) is 0 Å². The summed E-state index contributed by atoms with van der Waals surface area (Å²) in [5, 5.41) is 10.2. The Bertz CT molecular complexity index is 1150. The van der Waals surface area contributed by atoms with Gasteiger partial charge in [-0.1, -0.05) is 36.8 Å². The molecule has 1 aliphatic carbocycles. The molecule has 5 rings (SSSR count). The molecule has 0 saturated heterocycles. The van der Waals surface area contributed by atoms with Crippen LogP contribution in [0.2, 0.25) is 0 Å². The van der Waals surface area contributed by atoms with Gasteiger partial charge in [-0.25, -0.2) is 9.97 Å². The van der Waals surface area contributed by atoms with E-state index in [1.54, 1.807) is 4.90 Å². The maximum atomic E-state index is 13.4. The van der Waals surface area contributed by atoms with Crippen molar-refractivity contribution in [3.63, 3.8) is 0 Å². The Labute approximate surface area is 173 Å². The van der Waals surface area contributed by atoms with E-state index in [1.807, 2.05) is 42.5 Å². The minimum absolute atomic E-state index is 0.0552. The summed E-state index contributed by atoms with van der Waals surface area (Å²) in [6, 6.07) is 13.6. The van der Waals surface area contributed by atoms with Gasteiger partial charge in [-0.2, -0.15) is 0 Å². The van der Waals surface area contributed by atoms with E-state index in [4.69, 9.17) is 5.73 Å². The molecule has 2 aliphatic rings. The lowest BCUT2D eigenvalue weighted by Gasteiger charge is -2.19. The number of carbonyl (C=O) groups is 2. The van der Waals surface area contributed by atoms with Crippen molar-refractivity contribution >= 4 is 28.7 Å². The molecular weight excluding hydrogens is 380 g/mol. The highest BCUT2D eigenvalue weighted by atomic mass is 16.4. The maximum Gasteiger partial charge on any atom is 0.307 e. The summed E-state index contributed by atoms with van der Waals surface area (Å²) in [7, 11) is 0. The van der Waals surface area contributed by atoms with Crippen LogP contribution in [0.3, 0.4) is 0 Å². The first-order valence-corrected chi connectivity index (χ1v) is 10.2. The molecule has 30 heavy (non-hydrogen) atoms. The van der Waals surface area contributed by atoms with Crippen LogP contribution in [0.15, 0.2) is 42.5 Å². The van der Waals surface area contributed by atoms with E-state index in [9.17, 15) is 14.7 Å². The van der Waals surface area contributed by atoms with E-state index >= 15 is 0 Å². The maximum absolute atomic E-state index is 13.4. The van der Waals surface area contributed by atoms with Gasteiger partial charge in [-0.05, 0) is 47.6 Å². The lowest BCUT2D eigenvalue weighted by Crippen LogP contribution is -2.27. The fourth-order valence-electron chi connectivity index (χ4n) is 4.84. The van der Waals surface area contributed by atoms with Crippen molar-refractivity contribution in [1.82, 2.24) is 14.9 Å². The number of nitrogens with two attached hydrogens (primary N) is 1. The minimum atomic E-state index is -0.766. The second-order valence-corrected chi connectivity index (χ2v) is 8.12. The molecule has 1 aliphatic heterocycles. The second kappa shape index (κ2) is 7.09. The summed E-state index contributed by atoms with van der Waals surface area (Å²) < 4.78 is 0.